The summed E-state index contributed by atoms with van der Waals surface area (Å²) in [5, 5.41) is 3.67. The van der Waals surface area contributed by atoms with Crippen molar-refractivity contribution in [3.8, 4) is 5.75 Å². The second-order valence-corrected chi connectivity index (χ2v) is 6.14. The summed E-state index contributed by atoms with van der Waals surface area (Å²) >= 11 is 0. The molecule has 1 unspecified atom stereocenters. The summed E-state index contributed by atoms with van der Waals surface area (Å²) in [6.07, 6.45) is 1.38. The predicted molar refractivity (Wildman–Crippen MR) is 86.0 cm³/mol. The molecule has 0 aliphatic rings. The first-order chi connectivity index (χ1) is 10.3. The summed E-state index contributed by atoms with van der Waals surface area (Å²) in [6, 6.07) is 5.40. The average Bonchev–Trinajstić information content (AvgIpc) is 2.85. The Morgan fingerprint density at radius 1 is 1.41 bits per heavy atom. The number of ether oxygens (including phenoxy) is 2. The Morgan fingerprint density at radius 3 is 2.77 bits per heavy atom. The zero-order chi connectivity index (χ0) is 16.3. The highest BCUT2D eigenvalue weighted by Crippen LogP contribution is 2.26. The molecule has 0 fully saturated rings. The van der Waals surface area contributed by atoms with Crippen LogP contribution in [0.5, 0.6) is 5.75 Å². The topological polar surface area (TPSA) is 89.4 Å². The van der Waals surface area contributed by atoms with Gasteiger partial charge in [0.25, 0.3) is 0 Å². The molecule has 0 radical (unpaired) electrons. The Kier molecular flexibility index (Phi) is 4.61. The molecule has 0 aliphatic carbocycles. The quantitative estimate of drug-likeness (QED) is 0.810. The number of methoxy groups -OCH3 is 1. The van der Waals surface area contributed by atoms with Crippen molar-refractivity contribution in [1.82, 2.24) is 10.3 Å². The number of rotatable bonds is 4. The van der Waals surface area contributed by atoms with E-state index in [1.54, 1.807) is 7.11 Å². The van der Waals surface area contributed by atoms with Crippen LogP contribution >= 0.6 is 0 Å². The minimum atomic E-state index is -0.525. The van der Waals surface area contributed by atoms with Crippen molar-refractivity contribution >= 4 is 17.0 Å². The molecule has 6 heteroatoms. The number of nitrogens with one attached hydrogen (secondary N) is 2. The summed E-state index contributed by atoms with van der Waals surface area (Å²) in [5.74, 6) is 0.764. The number of hydrogen-bond donors (Lipinski definition) is 3. The van der Waals surface area contributed by atoms with Crippen molar-refractivity contribution in [2.24, 2.45) is 5.73 Å². The normalized spacial score (nSPS) is 13.0. The first kappa shape index (κ1) is 16.2. The molecule has 1 amide bonds. The van der Waals surface area contributed by atoms with E-state index in [4.69, 9.17) is 15.2 Å². The van der Waals surface area contributed by atoms with Crippen molar-refractivity contribution in [3.05, 3.63) is 30.0 Å². The van der Waals surface area contributed by atoms with Crippen LogP contribution in [0.3, 0.4) is 0 Å². The Balaban J connectivity index is 2.06. The van der Waals surface area contributed by atoms with Gasteiger partial charge in [0, 0.05) is 29.7 Å². The fourth-order valence-electron chi connectivity index (χ4n) is 2.17. The van der Waals surface area contributed by atoms with Gasteiger partial charge in [-0.05, 0) is 44.5 Å². The van der Waals surface area contributed by atoms with Crippen molar-refractivity contribution in [2.45, 2.75) is 32.4 Å². The van der Waals surface area contributed by atoms with E-state index in [0.717, 1.165) is 22.2 Å². The maximum Gasteiger partial charge on any atom is 0.407 e. The fourth-order valence-corrected chi connectivity index (χ4v) is 2.17. The Labute approximate surface area is 130 Å². The van der Waals surface area contributed by atoms with E-state index in [2.05, 4.69) is 10.3 Å². The summed E-state index contributed by atoms with van der Waals surface area (Å²) < 4.78 is 10.4. The molecule has 1 heterocycles. The van der Waals surface area contributed by atoms with Gasteiger partial charge in [-0.3, -0.25) is 0 Å². The predicted octanol–water partition coefficient (Wildman–Crippen LogP) is 2.70. The first-order valence-electron chi connectivity index (χ1n) is 7.17. The number of aromatic amines is 1. The van der Waals surface area contributed by atoms with Gasteiger partial charge in [0.15, 0.2) is 0 Å². The Hall–Kier alpha value is -2.21. The second-order valence-electron chi connectivity index (χ2n) is 6.14. The molecule has 1 aromatic carbocycles. The molecule has 0 saturated heterocycles. The third-order valence-corrected chi connectivity index (χ3v) is 3.19. The lowest BCUT2D eigenvalue weighted by Gasteiger charge is -2.20. The van der Waals surface area contributed by atoms with Gasteiger partial charge < -0.3 is 25.5 Å². The fraction of sp³-hybridized carbons (Fsp3) is 0.438. The number of carbonyl (C=O) groups excluding carboxylic acids is 1. The van der Waals surface area contributed by atoms with Crippen LogP contribution in [0.25, 0.3) is 10.9 Å². The lowest BCUT2D eigenvalue weighted by molar-refractivity contribution is 0.0524. The zero-order valence-corrected chi connectivity index (χ0v) is 13.4. The molecule has 4 N–H and O–H groups in total. The average molecular weight is 305 g/mol. The van der Waals surface area contributed by atoms with Crippen molar-refractivity contribution in [2.75, 3.05) is 13.7 Å². The Bertz CT molecular complexity index is 658. The third kappa shape index (κ3) is 3.92. The minimum Gasteiger partial charge on any atom is -0.497 e. The van der Waals surface area contributed by atoms with E-state index >= 15 is 0 Å². The summed E-state index contributed by atoms with van der Waals surface area (Å²) in [6.45, 7) is 5.74. The van der Waals surface area contributed by atoms with Gasteiger partial charge in [0.1, 0.15) is 11.4 Å². The molecule has 0 aliphatic heterocycles. The van der Waals surface area contributed by atoms with E-state index in [-0.39, 0.29) is 6.04 Å². The zero-order valence-electron chi connectivity index (χ0n) is 13.4. The van der Waals surface area contributed by atoms with E-state index in [1.807, 2.05) is 45.2 Å². The molecule has 0 saturated carbocycles. The molecule has 6 nitrogen and oxygen atoms in total. The molecule has 0 bridgehead atoms. The van der Waals surface area contributed by atoms with Gasteiger partial charge in [-0.25, -0.2) is 4.79 Å². The van der Waals surface area contributed by atoms with Crippen LogP contribution in [0, 0.1) is 0 Å². The van der Waals surface area contributed by atoms with Gasteiger partial charge in [0.2, 0.25) is 0 Å². The number of amides is 1. The standard InChI is InChI=1S/C16H23N3O3/c1-16(2,3)22-15(20)19-9-13(17)12-8-18-14-6-5-10(21-4)7-11(12)14/h5-8,13,18H,9,17H2,1-4H3,(H,19,20). The summed E-state index contributed by atoms with van der Waals surface area (Å²) in [7, 11) is 1.62. The number of carbonyl (C=O) groups is 1. The number of nitrogens with two attached hydrogens (primary N) is 1. The largest absolute Gasteiger partial charge is 0.497 e. The highest BCUT2D eigenvalue weighted by atomic mass is 16.6. The second kappa shape index (κ2) is 6.27. The smallest absolute Gasteiger partial charge is 0.407 e. The third-order valence-electron chi connectivity index (χ3n) is 3.19. The van der Waals surface area contributed by atoms with Gasteiger partial charge in [-0.15, -0.1) is 0 Å². The van der Waals surface area contributed by atoms with E-state index in [0.29, 0.717) is 6.54 Å². The number of H-pyrrole nitrogens is 1. The van der Waals surface area contributed by atoms with Crippen LogP contribution in [0.1, 0.15) is 32.4 Å². The number of aromatic nitrogens is 1. The Morgan fingerprint density at radius 2 is 2.14 bits per heavy atom. The van der Waals surface area contributed by atoms with E-state index in [1.165, 1.54) is 0 Å². The summed E-state index contributed by atoms with van der Waals surface area (Å²) in [5.41, 5.74) is 7.55. The van der Waals surface area contributed by atoms with Crippen molar-refractivity contribution < 1.29 is 14.3 Å². The summed E-state index contributed by atoms with van der Waals surface area (Å²) in [4.78, 5) is 14.8. The van der Waals surface area contributed by atoms with Crippen LogP contribution in [-0.2, 0) is 4.74 Å². The number of alkyl carbamates (subject to hydrolysis) is 1. The van der Waals surface area contributed by atoms with Crippen LogP contribution < -0.4 is 15.8 Å². The minimum absolute atomic E-state index is 0.291. The number of benzene rings is 1. The highest BCUT2D eigenvalue weighted by molar-refractivity contribution is 5.85. The van der Waals surface area contributed by atoms with Crippen LogP contribution in [0.15, 0.2) is 24.4 Å². The molecule has 1 atom stereocenters. The monoisotopic (exact) mass is 305 g/mol. The molecule has 0 spiro atoms. The van der Waals surface area contributed by atoms with Crippen LogP contribution in [0.2, 0.25) is 0 Å². The molecule has 2 aromatic rings. The maximum absolute atomic E-state index is 11.7. The van der Waals surface area contributed by atoms with E-state index in [9.17, 15) is 4.79 Å². The van der Waals surface area contributed by atoms with Crippen molar-refractivity contribution in [1.29, 1.82) is 0 Å². The van der Waals surface area contributed by atoms with Gasteiger partial charge in [0.05, 0.1) is 7.11 Å². The lowest BCUT2D eigenvalue weighted by atomic mass is 10.1. The molecule has 22 heavy (non-hydrogen) atoms. The maximum atomic E-state index is 11.7. The molecule has 120 valence electrons. The molecule has 2 rings (SSSR count). The van der Waals surface area contributed by atoms with Crippen LogP contribution in [-0.4, -0.2) is 30.3 Å². The molecular weight excluding hydrogens is 282 g/mol. The SMILES string of the molecule is COc1ccc2[nH]cc(C(N)CNC(=O)OC(C)(C)C)c2c1. The molecular formula is C16H23N3O3. The first-order valence-corrected chi connectivity index (χ1v) is 7.17. The number of fused-ring (bicyclic) bond motifs is 1. The highest BCUT2D eigenvalue weighted by Gasteiger charge is 2.18. The van der Waals surface area contributed by atoms with Crippen LogP contribution in [0.4, 0.5) is 4.79 Å². The lowest BCUT2D eigenvalue weighted by Crippen LogP contribution is -2.36. The van der Waals surface area contributed by atoms with Crippen molar-refractivity contribution in [3.63, 3.8) is 0 Å². The van der Waals surface area contributed by atoms with E-state index < -0.39 is 11.7 Å². The number of hydrogen-bond acceptors (Lipinski definition) is 4. The van der Waals surface area contributed by atoms with Gasteiger partial charge >= 0.3 is 6.09 Å². The van der Waals surface area contributed by atoms with Gasteiger partial charge in [-0.1, -0.05) is 0 Å². The molecule has 1 aromatic heterocycles. The van der Waals surface area contributed by atoms with Gasteiger partial charge in [-0.2, -0.15) is 0 Å².